The van der Waals surface area contributed by atoms with Crippen molar-refractivity contribution in [1.82, 2.24) is 4.98 Å². The molecule has 0 amide bonds. The molecular weight excluding hydrogens is 314 g/mol. The van der Waals surface area contributed by atoms with Gasteiger partial charge in [-0.2, -0.15) is 0 Å². The van der Waals surface area contributed by atoms with Crippen molar-refractivity contribution in [3.05, 3.63) is 96.3 Å². The van der Waals surface area contributed by atoms with E-state index < -0.39 is 18.2 Å². The molecule has 0 fully saturated rings. The highest BCUT2D eigenvalue weighted by Gasteiger charge is 2.24. The molecule has 0 bridgehead atoms. The molecule has 2 atom stereocenters. The average molecular weight is 333 g/mol. The Morgan fingerprint density at radius 3 is 2.16 bits per heavy atom. The van der Waals surface area contributed by atoms with Crippen molar-refractivity contribution in [2.45, 2.75) is 19.1 Å². The maximum absolute atomic E-state index is 12.5. The number of esters is 1. The van der Waals surface area contributed by atoms with Crippen molar-refractivity contribution < 1.29 is 14.3 Å². The lowest BCUT2D eigenvalue weighted by Crippen LogP contribution is -2.28. The highest BCUT2D eigenvalue weighted by atomic mass is 16.6. The van der Waals surface area contributed by atoms with Gasteiger partial charge in [0.15, 0.2) is 12.2 Å². The first-order valence-electron chi connectivity index (χ1n) is 8.12. The van der Waals surface area contributed by atoms with Gasteiger partial charge in [0.05, 0.1) is 5.69 Å². The number of carbonyl (C=O) groups is 1. The summed E-state index contributed by atoms with van der Waals surface area (Å²) in [5, 5.41) is 0. The van der Waals surface area contributed by atoms with Gasteiger partial charge in [0, 0.05) is 6.20 Å². The number of ether oxygens (including phenoxy) is 2. The van der Waals surface area contributed by atoms with Gasteiger partial charge in [-0.25, -0.2) is 4.79 Å². The summed E-state index contributed by atoms with van der Waals surface area (Å²) in [6, 6.07) is 24.3. The Bertz CT molecular complexity index is 752. The summed E-state index contributed by atoms with van der Waals surface area (Å²) in [5.74, 6) is 0.185. The highest BCUT2D eigenvalue weighted by Crippen LogP contribution is 2.25. The number of hydrogen-bond donors (Lipinski definition) is 0. The molecule has 3 aromatic rings. The van der Waals surface area contributed by atoms with Crippen LogP contribution in [0.4, 0.5) is 0 Å². The largest absolute Gasteiger partial charge is 0.479 e. The molecule has 1 aromatic heterocycles. The lowest BCUT2D eigenvalue weighted by Gasteiger charge is -2.21. The van der Waals surface area contributed by atoms with Gasteiger partial charge in [0.1, 0.15) is 5.75 Å². The van der Waals surface area contributed by atoms with Crippen molar-refractivity contribution in [2.24, 2.45) is 0 Å². The van der Waals surface area contributed by atoms with E-state index in [1.807, 2.05) is 66.7 Å². The van der Waals surface area contributed by atoms with E-state index in [1.165, 1.54) is 0 Å². The zero-order valence-electron chi connectivity index (χ0n) is 13.9. The molecule has 1 heterocycles. The van der Waals surface area contributed by atoms with Crippen molar-refractivity contribution in [3.8, 4) is 5.75 Å². The minimum Gasteiger partial charge on any atom is -0.479 e. The van der Waals surface area contributed by atoms with Gasteiger partial charge < -0.3 is 9.47 Å². The van der Waals surface area contributed by atoms with Crippen LogP contribution >= 0.6 is 0 Å². The zero-order chi connectivity index (χ0) is 17.5. The lowest BCUT2D eigenvalue weighted by atomic mass is 10.1. The fraction of sp³-hybridized carbons (Fsp3) is 0.143. The first-order chi connectivity index (χ1) is 12.2. The minimum absolute atomic E-state index is 0.441. The Hall–Kier alpha value is -3.14. The molecule has 3 rings (SSSR count). The van der Waals surface area contributed by atoms with Crippen LogP contribution in [0.25, 0.3) is 0 Å². The van der Waals surface area contributed by atoms with E-state index in [4.69, 9.17) is 9.47 Å². The fourth-order valence-corrected chi connectivity index (χ4v) is 2.42. The zero-order valence-corrected chi connectivity index (χ0v) is 13.9. The second kappa shape index (κ2) is 8.11. The third-order valence-corrected chi connectivity index (χ3v) is 3.68. The third-order valence-electron chi connectivity index (χ3n) is 3.68. The van der Waals surface area contributed by atoms with E-state index in [0.29, 0.717) is 11.4 Å². The molecule has 0 spiro atoms. The molecule has 0 saturated heterocycles. The smallest absolute Gasteiger partial charge is 0.348 e. The number of hydrogen-bond acceptors (Lipinski definition) is 4. The molecule has 0 N–H and O–H groups in total. The molecule has 0 aliphatic carbocycles. The number of para-hydroxylation sites is 1. The quantitative estimate of drug-likeness (QED) is 0.635. The van der Waals surface area contributed by atoms with Crippen molar-refractivity contribution in [2.75, 3.05) is 0 Å². The van der Waals surface area contributed by atoms with Crippen LogP contribution in [0.15, 0.2) is 85.1 Å². The van der Waals surface area contributed by atoms with Gasteiger partial charge in [0.25, 0.3) is 0 Å². The third kappa shape index (κ3) is 4.44. The molecule has 126 valence electrons. The summed E-state index contributed by atoms with van der Waals surface area (Å²) in [6.45, 7) is 1.68. The van der Waals surface area contributed by atoms with E-state index in [-0.39, 0.29) is 0 Å². The monoisotopic (exact) mass is 333 g/mol. The van der Waals surface area contributed by atoms with Crippen LogP contribution in [0.2, 0.25) is 0 Å². The van der Waals surface area contributed by atoms with Crippen LogP contribution in [0.3, 0.4) is 0 Å². The number of pyridine rings is 1. The van der Waals surface area contributed by atoms with E-state index in [9.17, 15) is 4.79 Å². The normalized spacial score (nSPS) is 12.8. The SMILES string of the molecule is CC(Oc1ccccc1)C(=O)OC(c1ccccc1)c1ccccn1. The maximum atomic E-state index is 12.5. The molecule has 25 heavy (non-hydrogen) atoms. The van der Waals surface area contributed by atoms with Crippen LogP contribution in [0.5, 0.6) is 5.75 Å². The van der Waals surface area contributed by atoms with Gasteiger partial charge in [0.2, 0.25) is 0 Å². The Balaban J connectivity index is 1.77. The summed E-state index contributed by atoms with van der Waals surface area (Å²) >= 11 is 0. The molecule has 0 aliphatic heterocycles. The summed E-state index contributed by atoms with van der Waals surface area (Å²) in [7, 11) is 0. The second-order valence-corrected chi connectivity index (χ2v) is 5.56. The molecule has 4 heteroatoms. The number of rotatable bonds is 6. The van der Waals surface area contributed by atoms with Gasteiger partial charge in [-0.3, -0.25) is 4.98 Å². The molecule has 0 aliphatic rings. The molecule has 0 saturated carbocycles. The van der Waals surface area contributed by atoms with E-state index in [0.717, 1.165) is 5.56 Å². The van der Waals surface area contributed by atoms with Crippen molar-refractivity contribution >= 4 is 5.97 Å². The summed E-state index contributed by atoms with van der Waals surface area (Å²) in [4.78, 5) is 16.9. The number of aromatic nitrogens is 1. The van der Waals surface area contributed by atoms with Crippen LogP contribution in [0, 0.1) is 0 Å². The predicted octanol–water partition coefficient (Wildman–Crippen LogP) is 4.18. The highest BCUT2D eigenvalue weighted by molar-refractivity contribution is 5.75. The first kappa shape index (κ1) is 16.7. The van der Waals surface area contributed by atoms with Crippen LogP contribution in [-0.4, -0.2) is 17.1 Å². The van der Waals surface area contributed by atoms with E-state index in [2.05, 4.69) is 4.98 Å². The number of benzene rings is 2. The van der Waals surface area contributed by atoms with Gasteiger partial charge in [-0.1, -0.05) is 54.6 Å². The Kier molecular flexibility index (Phi) is 5.42. The van der Waals surface area contributed by atoms with E-state index >= 15 is 0 Å². The Morgan fingerprint density at radius 1 is 0.880 bits per heavy atom. The minimum atomic E-state index is -0.725. The number of nitrogens with zero attached hydrogens (tertiary/aromatic N) is 1. The summed E-state index contributed by atoms with van der Waals surface area (Å²) in [6.07, 6.45) is 0.386. The lowest BCUT2D eigenvalue weighted by molar-refractivity contribution is -0.155. The molecule has 2 aromatic carbocycles. The van der Waals surface area contributed by atoms with Gasteiger partial charge in [-0.15, -0.1) is 0 Å². The first-order valence-corrected chi connectivity index (χ1v) is 8.12. The second-order valence-electron chi connectivity index (χ2n) is 5.56. The topological polar surface area (TPSA) is 48.4 Å². The van der Waals surface area contributed by atoms with Gasteiger partial charge >= 0.3 is 5.97 Å². The number of carbonyl (C=O) groups excluding carboxylic acids is 1. The van der Waals surface area contributed by atoms with Crippen LogP contribution < -0.4 is 4.74 Å². The molecule has 2 unspecified atom stereocenters. The fourth-order valence-electron chi connectivity index (χ4n) is 2.42. The molecule has 0 radical (unpaired) electrons. The Morgan fingerprint density at radius 2 is 1.52 bits per heavy atom. The van der Waals surface area contributed by atoms with Gasteiger partial charge in [-0.05, 0) is 36.8 Å². The predicted molar refractivity (Wildman–Crippen MR) is 95.1 cm³/mol. The maximum Gasteiger partial charge on any atom is 0.348 e. The summed E-state index contributed by atoms with van der Waals surface area (Å²) in [5.41, 5.74) is 1.54. The molecular formula is C21H19NO3. The molecule has 4 nitrogen and oxygen atoms in total. The summed E-state index contributed by atoms with van der Waals surface area (Å²) < 4.78 is 11.4. The van der Waals surface area contributed by atoms with E-state index in [1.54, 1.807) is 25.3 Å². The van der Waals surface area contributed by atoms with Crippen molar-refractivity contribution in [3.63, 3.8) is 0 Å². The average Bonchev–Trinajstić information content (AvgIpc) is 2.68. The van der Waals surface area contributed by atoms with Crippen LogP contribution in [0.1, 0.15) is 24.3 Å². The Labute approximate surface area is 147 Å². The van der Waals surface area contributed by atoms with Crippen LogP contribution in [-0.2, 0) is 9.53 Å². The standard InChI is InChI=1S/C21H19NO3/c1-16(24-18-12-6-3-7-13-18)21(23)25-20(17-10-4-2-5-11-17)19-14-8-9-15-22-19/h2-16,20H,1H3. The van der Waals surface area contributed by atoms with Crippen molar-refractivity contribution in [1.29, 1.82) is 0 Å².